The van der Waals surface area contributed by atoms with E-state index in [1.807, 2.05) is 6.92 Å². The number of benzene rings is 1. The van der Waals surface area contributed by atoms with Gasteiger partial charge in [-0.05, 0) is 56.9 Å². The molecular weight excluding hydrogens is 250 g/mol. The van der Waals surface area contributed by atoms with Crippen molar-refractivity contribution in [1.29, 1.82) is 0 Å². The van der Waals surface area contributed by atoms with Crippen molar-refractivity contribution in [2.75, 3.05) is 0 Å². The SMILES string of the molecule is CCCCc1cn(C(C)C)c2c(C(=O)O)cc(C)cc12. The Kier molecular flexibility index (Phi) is 4.17. The van der Waals surface area contributed by atoms with Gasteiger partial charge in [-0.1, -0.05) is 13.3 Å². The van der Waals surface area contributed by atoms with Gasteiger partial charge in [0.15, 0.2) is 0 Å². The lowest BCUT2D eigenvalue weighted by molar-refractivity contribution is 0.0698. The number of nitrogens with zero attached hydrogens (tertiary/aromatic N) is 1. The number of carbonyl (C=O) groups is 1. The van der Waals surface area contributed by atoms with Crippen LogP contribution in [0.15, 0.2) is 18.3 Å². The van der Waals surface area contributed by atoms with Gasteiger partial charge in [-0.15, -0.1) is 0 Å². The lowest BCUT2D eigenvalue weighted by Gasteiger charge is -2.11. The molecule has 3 nitrogen and oxygen atoms in total. The van der Waals surface area contributed by atoms with Crippen molar-refractivity contribution in [3.05, 3.63) is 35.0 Å². The van der Waals surface area contributed by atoms with E-state index >= 15 is 0 Å². The number of unbranched alkanes of at least 4 members (excludes halogenated alkanes) is 1. The summed E-state index contributed by atoms with van der Waals surface area (Å²) in [5, 5.41) is 10.6. The van der Waals surface area contributed by atoms with Crippen molar-refractivity contribution in [3.63, 3.8) is 0 Å². The Hall–Kier alpha value is -1.77. The molecule has 0 radical (unpaired) electrons. The van der Waals surface area contributed by atoms with Crippen molar-refractivity contribution < 1.29 is 9.90 Å². The highest BCUT2D eigenvalue weighted by molar-refractivity contribution is 6.04. The molecule has 0 bridgehead atoms. The van der Waals surface area contributed by atoms with E-state index in [-0.39, 0.29) is 6.04 Å². The van der Waals surface area contributed by atoms with Gasteiger partial charge in [0.05, 0.1) is 11.1 Å². The molecule has 0 saturated heterocycles. The second kappa shape index (κ2) is 5.70. The summed E-state index contributed by atoms with van der Waals surface area (Å²) in [6.45, 7) is 8.32. The molecule has 0 aliphatic heterocycles. The van der Waals surface area contributed by atoms with Crippen LogP contribution in [-0.2, 0) is 6.42 Å². The molecule has 0 atom stereocenters. The number of rotatable bonds is 5. The number of aromatic carboxylic acids is 1. The number of carboxylic acids is 1. The zero-order valence-corrected chi connectivity index (χ0v) is 12.7. The van der Waals surface area contributed by atoms with E-state index in [0.717, 1.165) is 35.7 Å². The third-order valence-corrected chi connectivity index (χ3v) is 3.74. The minimum Gasteiger partial charge on any atom is -0.478 e. The van der Waals surface area contributed by atoms with Gasteiger partial charge in [-0.2, -0.15) is 0 Å². The molecule has 0 saturated carbocycles. The second-order valence-electron chi connectivity index (χ2n) is 5.77. The monoisotopic (exact) mass is 273 g/mol. The first-order valence-electron chi connectivity index (χ1n) is 7.33. The number of aromatic nitrogens is 1. The molecule has 20 heavy (non-hydrogen) atoms. The average Bonchev–Trinajstić information content (AvgIpc) is 2.74. The van der Waals surface area contributed by atoms with E-state index in [4.69, 9.17) is 0 Å². The first-order valence-corrected chi connectivity index (χ1v) is 7.33. The van der Waals surface area contributed by atoms with Crippen LogP contribution in [0, 0.1) is 6.92 Å². The van der Waals surface area contributed by atoms with Gasteiger partial charge < -0.3 is 9.67 Å². The molecule has 0 amide bonds. The van der Waals surface area contributed by atoms with E-state index in [2.05, 4.69) is 37.6 Å². The largest absolute Gasteiger partial charge is 0.478 e. The summed E-state index contributed by atoms with van der Waals surface area (Å²) >= 11 is 0. The first-order chi connectivity index (χ1) is 9.45. The number of aryl methyl sites for hydroxylation is 2. The van der Waals surface area contributed by atoms with E-state index < -0.39 is 5.97 Å². The fourth-order valence-electron chi connectivity index (χ4n) is 2.74. The third-order valence-electron chi connectivity index (χ3n) is 3.74. The molecule has 0 unspecified atom stereocenters. The van der Waals surface area contributed by atoms with Gasteiger partial charge in [0.25, 0.3) is 0 Å². The highest BCUT2D eigenvalue weighted by atomic mass is 16.4. The molecular formula is C17H23NO2. The van der Waals surface area contributed by atoms with E-state index in [9.17, 15) is 9.90 Å². The van der Waals surface area contributed by atoms with Crippen LogP contribution in [0.3, 0.4) is 0 Å². The lowest BCUT2D eigenvalue weighted by Crippen LogP contribution is -2.05. The van der Waals surface area contributed by atoms with Gasteiger partial charge in [0.2, 0.25) is 0 Å². The second-order valence-corrected chi connectivity index (χ2v) is 5.77. The molecule has 108 valence electrons. The Morgan fingerprint density at radius 3 is 2.60 bits per heavy atom. The zero-order chi connectivity index (χ0) is 14.9. The summed E-state index contributed by atoms with van der Waals surface area (Å²) < 4.78 is 2.10. The van der Waals surface area contributed by atoms with Crippen molar-refractivity contribution >= 4 is 16.9 Å². The van der Waals surface area contributed by atoms with Gasteiger partial charge in [0, 0.05) is 17.6 Å². The van der Waals surface area contributed by atoms with Crippen LogP contribution in [0.25, 0.3) is 10.9 Å². The van der Waals surface area contributed by atoms with Crippen LogP contribution < -0.4 is 0 Å². The molecule has 2 aromatic rings. The molecule has 3 heteroatoms. The molecule has 0 aliphatic carbocycles. The van der Waals surface area contributed by atoms with Crippen molar-refractivity contribution in [3.8, 4) is 0 Å². The Labute approximate surface area is 120 Å². The predicted molar refractivity (Wildman–Crippen MR) is 82.6 cm³/mol. The standard InChI is InChI=1S/C17H23NO2/c1-5-6-7-13-10-18(11(2)3)16-14(13)8-12(4)9-15(16)17(19)20/h8-11H,5-7H2,1-4H3,(H,19,20). The normalized spacial score (nSPS) is 11.4. The van der Waals surface area contributed by atoms with Crippen molar-refractivity contribution in [1.82, 2.24) is 4.57 Å². The fourth-order valence-corrected chi connectivity index (χ4v) is 2.74. The highest BCUT2D eigenvalue weighted by Crippen LogP contribution is 2.30. The number of hydrogen-bond donors (Lipinski definition) is 1. The zero-order valence-electron chi connectivity index (χ0n) is 12.7. The lowest BCUT2D eigenvalue weighted by atomic mass is 10.0. The molecule has 1 aromatic heterocycles. The van der Waals surface area contributed by atoms with Crippen LogP contribution in [0.2, 0.25) is 0 Å². The number of carboxylic acid groups (broad SMARTS) is 1. The van der Waals surface area contributed by atoms with Crippen molar-refractivity contribution in [2.45, 2.75) is 53.0 Å². The Balaban J connectivity index is 2.75. The Bertz CT molecular complexity index is 638. The van der Waals surface area contributed by atoms with Gasteiger partial charge in [0.1, 0.15) is 0 Å². The van der Waals surface area contributed by atoms with Gasteiger partial charge >= 0.3 is 5.97 Å². The molecule has 1 heterocycles. The Morgan fingerprint density at radius 2 is 2.05 bits per heavy atom. The maximum absolute atomic E-state index is 11.6. The maximum Gasteiger partial charge on any atom is 0.337 e. The van der Waals surface area contributed by atoms with E-state index in [1.165, 1.54) is 5.56 Å². The third kappa shape index (κ3) is 2.58. The van der Waals surface area contributed by atoms with E-state index in [1.54, 1.807) is 6.07 Å². The number of fused-ring (bicyclic) bond motifs is 1. The quantitative estimate of drug-likeness (QED) is 0.867. The summed E-state index contributed by atoms with van der Waals surface area (Å²) in [5.74, 6) is -0.847. The van der Waals surface area contributed by atoms with Crippen LogP contribution in [0.1, 0.15) is 61.1 Å². The summed E-state index contributed by atoms with van der Waals surface area (Å²) in [6.07, 6.45) is 5.42. The molecule has 0 fully saturated rings. The molecule has 1 aromatic carbocycles. The van der Waals surface area contributed by atoms with Crippen LogP contribution in [0.4, 0.5) is 0 Å². The van der Waals surface area contributed by atoms with Crippen LogP contribution in [-0.4, -0.2) is 15.6 Å². The summed E-state index contributed by atoms with van der Waals surface area (Å²) in [5.41, 5.74) is 3.55. The Morgan fingerprint density at radius 1 is 1.35 bits per heavy atom. The van der Waals surface area contributed by atoms with E-state index in [0.29, 0.717) is 5.56 Å². The first kappa shape index (κ1) is 14.6. The highest BCUT2D eigenvalue weighted by Gasteiger charge is 2.18. The fraction of sp³-hybridized carbons (Fsp3) is 0.471. The molecule has 0 spiro atoms. The molecule has 2 rings (SSSR count). The molecule has 0 aliphatic rings. The summed E-state index contributed by atoms with van der Waals surface area (Å²) in [7, 11) is 0. The van der Waals surface area contributed by atoms with Gasteiger partial charge in [-0.3, -0.25) is 0 Å². The number of hydrogen-bond acceptors (Lipinski definition) is 1. The van der Waals surface area contributed by atoms with Gasteiger partial charge in [-0.25, -0.2) is 4.79 Å². The van der Waals surface area contributed by atoms with Crippen molar-refractivity contribution in [2.24, 2.45) is 0 Å². The summed E-state index contributed by atoms with van der Waals surface area (Å²) in [4.78, 5) is 11.6. The topological polar surface area (TPSA) is 42.2 Å². The summed E-state index contributed by atoms with van der Waals surface area (Å²) in [6, 6.07) is 4.15. The smallest absolute Gasteiger partial charge is 0.337 e. The van der Waals surface area contributed by atoms with Crippen LogP contribution >= 0.6 is 0 Å². The minimum absolute atomic E-state index is 0.258. The van der Waals surface area contributed by atoms with Crippen LogP contribution in [0.5, 0.6) is 0 Å². The minimum atomic E-state index is -0.847. The molecule has 1 N–H and O–H groups in total. The maximum atomic E-state index is 11.6. The predicted octanol–water partition coefficient (Wildman–Crippen LogP) is 4.57. The average molecular weight is 273 g/mol.